The van der Waals surface area contributed by atoms with Crippen LogP contribution >= 0.6 is 11.6 Å². The van der Waals surface area contributed by atoms with E-state index in [2.05, 4.69) is 10.7 Å². The number of alkyl halides is 8. The molecule has 2 aromatic carbocycles. The minimum Gasteiger partial charge on any atom is -0.333 e. The number of nitrogens with zero attached hydrogens (tertiary/aromatic N) is 1. The summed E-state index contributed by atoms with van der Waals surface area (Å²) in [5, 5.41) is 0.172. The molecule has 0 saturated heterocycles. The van der Waals surface area contributed by atoms with Gasteiger partial charge in [0, 0.05) is 18.7 Å². The summed E-state index contributed by atoms with van der Waals surface area (Å²) in [6.45, 7) is 5.96. The van der Waals surface area contributed by atoms with Crippen LogP contribution in [0.5, 0.6) is 0 Å². The maximum atomic E-state index is 14.7. The largest absolute Gasteiger partial charge is 0.419 e. The van der Waals surface area contributed by atoms with Gasteiger partial charge >= 0.3 is 12.4 Å². The molecule has 12 heteroatoms. The van der Waals surface area contributed by atoms with Crippen molar-refractivity contribution in [2.45, 2.75) is 70.6 Å². The van der Waals surface area contributed by atoms with E-state index in [0.717, 1.165) is 12.1 Å². The van der Waals surface area contributed by atoms with Gasteiger partial charge in [-0.2, -0.15) is 26.3 Å². The molecule has 0 spiro atoms. The van der Waals surface area contributed by atoms with Crippen molar-refractivity contribution in [3.05, 3.63) is 123 Å². The molecule has 0 aliphatic rings. The predicted octanol–water partition coefficient (Wildman–Crippen LogP) is 10.9. The van der Waals surface area contributed by atoms with E-state index >= 15 is 0 Å². The zero-order valence-corrected chi connectivity index (χ0v) is 26.2. The Morgan fingerprint density at radius 2 is 1.49 bits per heavy atom. The fourth-order valence-electron chi connectivity index (χ4n) is 4.65. The van der Waals surface area contributed by atoms with Crippen molar-refractivity contribution in [1.29, 1.82) is 0 Å². The Bertz CT molecular complexity index is 1390. The number of aromatic nitrogens is 1. The van der Waals surface area contributed by atoms with Crippen LogP contribution in [0.4, 0.5) is 39.5 Å². The Morgan fingerprint density at radius 1 is 0.889 bits per heavy atom. The van der Waals surface area contributed by atoms with E-state index in [0.29, 0.717) is 30.7 Å². The van der Waals surface area contributed by atoms with Gasteiger partial charge in [0.25, 0.3) is 5.92 Å². The molecule has 1 unspecified atom stereocenters. The number of rotatable bonds is 9. The third-order valence-electron chi connectivity index (χ3n) is 6.56. The Morgan fingerprint density at radius 3 is 1.96 bits per heavy atom. The van der Waals surface area contributed by atoms with Crippen LogP contribution in [-0.4, -0.2) is 24.1 Å². The average molecular weight is 667 g/mol. The molecule has 2 N–H and O–H groups in total. The van der Waals surface area contributed by atoms with Crippen molar-refractivity contribution in [2.75, 3.05) is 7.05 Å². The molecule has 45 heavy (non-hydrogen) atoms. The van der Waals surface area contributed by atoms with Gasteiger partial charge < -0.3 is 5.73 Å². The highest BCUT2D eigenvalue weighted by atomic mass is 35.5. The zero-order valence-electron chi connectivity index (χ0n) is 25.4. The van der Waals surface area contributed by atoms with Crippen LogP contribution in [0.1, 0.15) is 62.9 Å². The van der Waals surface area contributed by atoms with Gasteiger partial charge in [0.1, 0.15) is 5.82 Å². The number of allylic oxidation sites excluding steroid dienone is 4. The molecule has 0 aliphatic carbocycles. The summed E-state index contributed by atoms with van der Waals surface area (Å²) in [7, 11) is 1.50. The average Bonchev–Trinajstić information content (AvgIpc) is 2.98. The number of hydrogen-bond acceptors (Lipinski definition) is 2. The lowest BCUT2D eigenvalue weighted by molar-refractivity contribution is -0.140. The SMILES string of the molecule is CC.CC/C(=C\C(=C/CC(F)(F)F)C(C)(F)F)C(Cc1ccccc1)(c1ccc(F)c(C(F)(F)F)c1)c1ccc(Cl)cn1.CN. The van der Waals surface area contributed by atoms with E-state index in [1.54, 1.807) is 30.3 Å². The highest BCUT2D eigenvalue weighted by Crippen LogP contribution is 2.46. The van der Waals surface area contributed by atoms with Gasteiger partial charge in [-0.3, -0.25) is 4.98 Å². The lowest BCUT2D eigenvalue weighted by atomic mass is 9.66. The minimum absolute atomic E-state index is 0.0332. The maximum Gasteiger partial charge on any atom is 0.419 e. The second-order valence-electron chi connectivity index (χ2n) is 9.51. The molecule has 0 aliphatic heterocycles. The molecule has 0 bridgehead atoms. The van der Waals surface area contributed by atoms with Gasteiger partial charge in [-0.1, -0.05) is 86.5 Å². The highest BCUT2D eigenvalue weighted by molar-refractivity contribution is 6.30. The van der Waals surface area contributed by atoms with E-state index in [1.807, 2.05) is 13.8 Å². The van der Waals surface area contributed by atoms with E-state index in [1.165, 1.54) is 32.3 Å². The summed E-state index contributed by atoms with van der Waals surface area (Å²) in [6.07, 6.45) is -9.33. The Kier molecular flexibility index (Phi) is 14.9. The van der Waals surface area contributed by atoms with Crippen molar-refractivity contribution in [1.82, 2.24) is 4.98 Å². The van der Waals surface area contributed by atoms with Crippen LogP contribution in [0, 0.1) is 5.82 Å². The monoisotopic (exact) mass is 666 g/mol. The van der Waals surface area contributed by atoms with Gasteiger partial charge in [-0.15, -0.1) is 0 Å². The first-order chi connectivity index (χ1) is 21.0. The molecule has 1 atom stereocenters. The standard InChI is InChI=1S/C30H25ClF9N.C2H6.CH5N/c1-3-20(15-21(27(2,33)34)13-14-29(35,36)37)28(17-19-7-5-4-6-8-19,26-12-10-23(31)18-41-26)22-9-11-25(32)24(16-22)30(38,39)40;2*1-2/h4-13,15-16,18H,3,14,17H2,1-2H3;1-2H3;2H2,1H3/b20-15+,21-13+;;. The summed E-state index contributed by atoms with van der Waals surface area (Å²) in [5.41, 5.74) is 0.690. The van der Waals surface area contributed by atoms with E-state index in [9.17, 15) is 39.5 Å². The summed E-state index contributed by atoms with van der Waals surface area (Å²) in [4.78, 5) is 4.33. The Hall–Kier alpha value is -3.31. The van der Waals surface area contributed by atoms with E-state index in [4.69, 9.17) is 11.6 Å². The second kappa shape index (κ2) is 16.8. The van der Waals surface area contributed by atoms with Crippen molar-refractivity contribution in [2.24, 2.45) is 5.73 Å². The van der Waals surface area contributed by atoms with Gasteiger partial charge in [0.2, 0.25) is 0 Å². The molecular weight excluding hydrogens is 631 g/mol. The van der Waals surface area contributed by atoms with Crippen LogP contribution in [0.25, 0.3) is 0 Å². The van der Waals surface area contributed by atoms with E-state index in [-0.39, 0.29) is 34.7 Å². The number of hydrogen-bond donors (Lipinski definition) is 1. The van der Waals surface area contributed by atoms with Gasteiger partial charge in [-0.05, 0) is 55.3 Å². The van der Waals surface area contributed by atoms with Gasteiger partial charge in [0.15, 0.2) is 0 Å². The number of pyridine rings is 1. The molecule has 0 saturated carbocycles. The number of nitrogens with two attached hydrogens (primary N) is 1. The third kappa shape index (κ3) is 10.9. The van der Waals surface area contributed by atoms with Crippen molar-refractivity contribution in [3.63, 3.8) is 0 Å². The quantitative estimate of drug-likeness (QED) is 0.182. The molecule has 3 aromatic rings. The minimum atomic E-state index is -5.10. The third-order valence-corrected chi connectivity index (χ3v) is 6.78. The molecular formula is C33H36ClF9N2. The summed E-state index contributed by atoms with van der Waals surface area (Å²) >= 11 is 6.03. The number of benzene rings is 2. The Balaban J connectivity index is 0.00000243. The highest BCUT2D eigenvalue weighted by Gasteiger charge is 2.43. The zero-order chi connectivity index (χ0) is 34.6. The van der Waals surface area contributed by atoms with Crippen LogP contribution in [0.2, 0.25) is 5.02 Å². The summed E-state index contributed by atoms with van der Waals surface area (Å²) in [5.74, 6) is -5.29. The maximum absolute atomic E-state index is 14.7. The predicted molar refractivity (Wildman–Crippen MR) is 161 cm³/mol. The molecule has 248 valence electrons. The first kappa shape index (κ1) is 39.7. The van der Waals surface area contributed by atoms with Crippen molar-refractivity contribution >= 4 is 11.6 Å². The normalized spacial score (nSPS) is 14.0. The summed E-state index contributed by atoms with van der Waals surface area (Å²) in [6, 6.07) is 13.4. The summed E-state index contributed by atoms with van der Waals surface area (Å²) < 4.78 is 124. The molecule has 0 radical (unpaired) electrons. The first-order valence-electron chi connectivity index (χ1n) is 13.9. The molecule has 3 rings (SSSR count). The number of halogens is 10. The van der Waals surface area contributed by atoms with Crippen LogP contribution in [-0.2, 0) is 18.0 Å². The molecule has 2 nitrogen and oxygen atoms in total. The Labute approximate surface area is 262 Å². The van der Waals surface area contributed by atoms with Crippen LogP contribution in [0.15, 0.2) is 90.2 Å². The topological polar surface area (TPSA) is 38.9 Å². The lowest BCUT2D eigenvalue weighted by Crippen LogP contribution is -2.35. The molecule has 1 heterocycles. The van der Waals surface area contributed by atoms with Crippen LogP contribution in [0.3, 0.4) is 0 Å². The van der Waals surface area contributed by atoms with Crippen LogP contribution < -0.4 is 5.73 Å². The fourth-order valence-corrected chi connectivity index (χ4v) is 4.76. The second-order valence-corrected chi connectivity index (χ2v) is 9.95. The smallest absolute Gasteiger partial charge is 0.333 e. The van der Waals surface area contributed by atoms with E-state index < -0.39 is 47.1 Å². The fraction of sp³-hybridized carbons (Fsp3) is 0.364. The molecule has 0 amide bonds. The first-order valence-corrected chi connectivity index (χ1v) is 14.3. The lowest BCUT2D eigenvalue weighted by Gasteiger charge is -2.38. The van der Waals surface area contributed by atoms with Gasteiger partial charge in [0.05, 0.1) is 28.1 Å². The van der Waals surface area contributed by atoms with Crippen molar-refractivity contribution in [3.8, 4) is 0 Å². The van der Waals surface area contributed by atoms with Crippen molar-refractivity contribution < 1.29 is 39.5 Å². The van der Waals surface area contributed by atoms with Gasteiger partial charge in [-0.25, -0.2) is 13.2 Å². The molecule has 1 aromatic heterocycles. The molecule has 0 fully saturated rings.